The molecule has 1 fully saturated rings. The lowest BCUT2D eigenvalue weighted by molar-refractivity contribution is -0.137. The van der Waals surface area contributed by atoms with Gasteiger partial charge in [-0.3, -0.25) is 4.79 Å². The average molecular weight is 390 g/mol. The molecule has 0 bridgehead atoms. The Bertz CT molecular complexity index is 824. The maximum absolute atomic E-state index is 13.1. The number of esters is 1. The zero-order valence-corrected chi connectivity index (χ0v) is 16.5. The van der Waals surface area contributed by atoms with Crippen LogP contribution in [0.2, 0.25) is 0 Å². The molecule has 1 amide bonds. The summed E-state index contributed by atoms with van der Waals surface area (Å²) in [5, 5.41) is 0.615. The second kappa shape index (κ2) is 8.17. The molecule has 0 spiro atoms. The summed E-state index contributed by atoms with van der Waals surface area (Å²) in [6, 6.07) is 5.93. The Morgan fingerprint density at radius 3 is 2.48 bits per heavy atom. The lowest BCUT2D eigenvalue weighted by Gasteiger charge is -2.34. The van der Waals surface area contributed by atoms with E-state index in [4.69, 9.17) is 4.74 Å². The van der Waals surface area contributed by atoms with Crippen molar-refractivity contribution in [3.8, 4) is 10.6 Å². The Balaban J connectivity index is 1.63. The van der Waals surface area contributed by atoms with Crippen LogP contribution in [0, 0.1) is 24.6 Å². The number of ether oxygens (including phenoxy) is 1. The van der Waals surface area contributed by atoms with Crippen LogP contribution in [0.5, 0.6) is 0 Å². The third-order valence-electron chi connectivity index (χ3n) is 4.62. The number of benzene rings is 1. The zero-order chi connectivity index (χ0) is 19.6. The molecule has 0 aliphatic carbocycles. The predicted octanol–water partition coefficient (Wildman–Crippen LogP) is 3.92. The molecule has 0 unspecified atom stereocenters. The number of halogens is 1. The molecule has 144 valence electrons. The van der Waals surface area contributed by atoms with Crippen LogP contribution in [-0.2, 0) is 9.53 Å². The van der Waals surface area contributed by atoms with E-state index in [0.717, 1.165) is 12.0 Å². The fraction of sp³-hybridized carbons (Fsp3) is 0.450. The summed E-state index contributed by atoms with van der Waals surface area (Å²) < 4.78 is 18.3. The zero-order valence-electron chi connectivity index (χ0n) is 15.7. The first-order valence-corrected chi connectivity index (χ1v) is 9.83. The van der Waals surface area contributed by atoms with Crippen molar-refractivity contribution < 1.29 is 18.7 Å². The molecule has 27 heavy (non-hydrogen) atoms. The molecule has 1 aromatic heterocycles. The van der Waals surface area contributed by atoms with E-state index in [1.54, 1.807) is 24.0 Å². The number of carbonyl (C=O) groups excluding carboxylic acids is 2. The van der Waals surface area contributed by atoms with E-state index in [-0.39, 0.29) is 18.3 Å². The number of likely N-dealkylation sites (tertiary alicyclic amines) is 1. The number of hydrogen-bond donors (Lipinski definition) is 0. The van der Waals surface area contributed by atoms with Crippen LogP contribution in [0.15, 0.2) is 24.3 Å². The third-order valence-corrected chi connectivity index (χ3v) is 5.81. The molecule has 2 aromatic rings. The summed E-state index contributed by atoms with van der Waals surface area (Å²) in [6.45, 7) is 7.11. The lowest BCUT2D eigenvalue weighted by atomic mass is 9.92. The van der Waals surface area contributed by atoms with Crippen molar-refractivity contribution in [3.63, 3.8) is 0 Å². The van der Waals surface area contributed by atoms with Gasteiger partial charge in [0.25, 0.3) is 5.91 Å². The van der Waals surface area contributed by atoms with E-state index in [1.165, 1.54) is 23.5 Å². The van der Waals surface area contributed by atoms with Crippen molar-refractivity contribution in [1.82, 2.24) is 9.88 Å². The largest absolute Gasteiger partial charge is 0.451 e. The number of hydrogen-bond acceptors (Lipinski definition) is 5. The minimum Gasteiger partial charge on any atom is -0.451 e. The van der Waals surface area contributed by atoms with Gasteiger partial charge in [0, 0.05) is 18.7 Å². The highest BCUT2D eigenvalue weighted by molar-refractivity contribution is 7.17. The first-order valence-electron chi connectivity index (χ1n) is 9.01. The van der Waals surface area contributed by atoms with Crippen LogP contribution >= 0.6 is 11.3 Å². The van der Waals surface area contributed by atoms with Crippen LogP contribution in [0.4, 0.5) is 4.39 Å². The molecule has 0 radical (unpaired) electrons. The highest BCUT2D eigenvalue weighted by atomic mass is 32.1. The minimum absolute atomic E-state index is 0.164. The van der Waals surface area contributed by atoms with Gasteiger partial charge in [0.15, 0.2) is 6.61 Å². The summed E-state index contributed by atoms with van der Waals surface area (Å²) in [6.07, 6.45) is 1.11. The summed E-state index contributed by atoms with van der Waals surface area (Å²) in [5.74, 6) is -0.134. The second-order valence-electron chi connectivity index (χ2n) is 7.26. The molecular weight excluding hydrogens is 367 g/mol. The predicted molar refractivity (Wildman–Crippen MR) is 102 cm³/mol. The fourth-order valence-electron chi connectivity index (χ4n) is 3.45. The number of nitrogens with zero attached hydrogens (tertiary/aromatic N) is 2. The number of amides is 1. The van der Waals surface area contributed by atoms with Gasteiger partial charge in [0.2, 0.25) is 0 Å². The van der Waals surface area contributed by atoms with Crippen molar-refractivity contribution in [2.45, 2.75) is 27.2 Å². The number of thiazole rings is 1. The Morgan fingerprint density at radius 2 is 1.85 bits per heavy atom. The van der Waals surface area contributed by atoms with E-state index in [0.29, 0.717) is 40.5 Å². The molecule has 2 atom stereocenters. The summed E-state index contributed by atoms with van der Waals surface area (Å²) in [7, 11) is 0. The molecule has 0 N–H and O–H groups in total. The van der Waals surface area contributed by atoms with Crippen molar-refractivity contribution in [1.29, 1.82) is 0 Å². The van der Waals surface area contributed by atoms with Crippen LogP contribution in [0.25, 0.3) is 10.6 Å². The molecule has 3 rings (SSSR count). The van der Waals surface area contributed by atoms with Gasteiger partial charge in [0.1, 0.15) is 15.7 Å². The summed E-state index contributed by atoms with van der Waals surface area (Å²) in [4.78, 5) is 31.3. The third kappa shape index (κ3) is 4.71. The van der Waals surface area contributed by atoms with Crippen molar-refractivity contribution in [2.75, 3.05) is 19.7 Å². The molecular formula is C20H23FN2O3S. The number of carbonyl (C=O) groups is 2. The number of aryl methyl sites for hydroxylation is 1. The molecule has 1 saturated heterocycles. The molecule has 1 aromatic carbocycles. The van der Waals surface area contributed by atoms with Gasteiger partial charge < -0.3 is 9.64 Å². The normalized spacial score (nSPS) is 19.8. The number of piperidine rings is 1. The van der Waals surface area contributed by atoms with E-state index < -0.39 is 5.97 Å². The van der Waals surface area contributed by atoms with Crippen molar-refractivity contribution >= 4 is 23.2 Å². The van der Waals surface area contributed by atoms with E-state index in [9.17, 15) is 14.0 Å². The SMILES string of the molecule is Cc1nc(-c2ccc(F)cc2)sc1C(=O)OCC(=O)N1C[C@H](C)C[C@H](C)C1. The smallest absolute Gasteiger partial charge is 0.350 e. The first kappa shape index (κ1) is 19.5. The minimum atomic E-state index is -0.551. The fourth-order valence-corrected chi connectivity index (χ4v) is 4.42. The van der Waals surface area contributed by atoms with Crippen LogP contribution < -0.4 is 0 Å². The van der Waals surface area contributed by atoms with E-state index >= 15 is 0 Å². The second-order valence-corrected chi connectivity index (χ2v) is 8.26. The molecule has 2 heterocycles. The van der Waals surface area contributed by atoms with Crippen molar-refractivity contribution in [2.24, 2.45) is 11.8 Å². The van der Waals surface area contributed by atoms with Gasteiger partial charge in [-0.25, -0.2) is 14.2 Å². The number of aromatic nitrogens is 1. The maximum Gasteiger partial charge on any atom is 0.350 e. The van der Waals surface area contributed by atoms with Gasteiger partial charge in [-0.05, 0) is 49.4 Å². The van der Waals surface area contributed by atoms with Gasteiger partial charge in [-0.2, -0.15) is 0 Å². The lowest BCUT2D eigenvalue weighted by Crippen LogP contribution is -2.44. The van der Waals surface area contributed by atoms with E-state index in [1.807, 2.05) is 0 Å². The quantitative estimate of drug-likeness (QED) is 0.743. The molecule has 7 heteroatoms. The Morgan fingerprint density at radius 1 is 1.22 bits per heavy atom. The standard InChI is InChI=1S/C20H23FN2O3S/c1-12-8-13(2)10-23(9-12)17(24)11-26-20(25)18-14(3)22-19(27-18)15-4-6-16(21)7-5-15/h4-7,12-13H,8-11H2,1-3H3/t12-,13+. The maximum atomic E-state index is 13.1. The molecule has 1 aliphatic rings. The van der Waals surface area contributed by atoms with Crippen LogP contribution in [0.1, 0.15) is 35.6 Å². The Kier molecular flexibility index (Phi) is 5.89. The van der Waals surface area contributed by atoms with Crippen molar-refractivity contribution in [3.05, 3.63) is 40.7 Å². The number of rotatable bonds is 4. The van der Waals surface area contributed by atoms with E-state index in [2.05, 4.69) is 18.8 Å². The monoisotopic (exact) mass is 390 g/mol. The molecule has 1 aliphatic heterocycles. The molecule has 5 nitrogen and oxygen atoms in total. The van der Waals surface area contributed by atoms with Crippen LogP contribution in [0.3, 0.4) is 0 Å². The first-order chi connectivity index (χ1) is 12.8. The molecule has 0 saturated carbocycles. The average Bonchev–Trinajstić information content (AvgIpc) is 3.01. The van der Waals surface area contributed by atoms with Gasteiger partial charge >= 0.3 is 5.97 Å². The Labute approximate surface area is 162 Å². The van der Waals surface area contributed by atoms with Crippen LogP contribution in [-0.4, -0.2) is 41.5 Å². The summed E-state index contributed by atoms with van der Waals surface area (Å²) in [5.41, 5.74) is 1.27. The van der Waals surface area contributed by atoms with Gasteiger partial charge in [-0.15, -0.1) is 11.3 Å². The Hall–Kier alpha value is -2.28. The topological polar surface area (TPSA) is 59.5 Å². The van der Waals surface area contributed by atoms with Gasteiger partial charge in [0.05, 0.1) is 5.69 Å². The summed E-state index contributed by atoms with van der Waals surface area (Å²) >= 11 is 1.18. The highest BCUT2D eigenvalue weighted by Crippen LogP contribution is 2.28. The van der Waals surface area contributed by atoms with Gasteiger partial charge in [-0.1, -0.05) is 13.8 Å². The highest BCUT2D eigenvalue weighted by Gasteiger charge is 2.26.